The number of nitrogens with one attached hydrogen (secondary N) is 2. The van der Waals surface area contributed by atoms with Crippen LogP contribution in [0.15, 0.2) is 24.3 Å². The molecule has 90 valence electrons. The van der Waals surface area contributed by atoms with Crippen LogP contribution in [0.2, 0.25) is 0 Å². The fourth-order valence-corrected chi connectivity index (χ4v) is 1.78. The zero-order chi connectivity index (χ0) is 12.3. The molecule has 0 bridgehead atoms. The number of non-ortho nitro benzene ring substituents is 1. The van der Waals surface area contributed by atoms with Crippen LogP contribution in [-0.2, 0) is 0 Å². The van der Waals surface area contributed by atoms with Crippen molar-refractivity contribution in [2.45, 2.75) is 12.5 Å². The molecule has 1 atom stereocenters. The Hall–Kier alpha value is -1.95. The summed E-state index contributed by atoms with van der Waals surface area (Å²) in [6.45, 7) is 1.68. The monoisotopic (exact) mass is 235 g/mol. The van der Waals surface area contributed by atoms with Crippen molar-refractivity contribution >= 4 is 11.6 Å². The smallest absolute Gasteiger partial charge is 0.269 e. The molecule has 1 amide bonds. The third kappa shape index (κ3) is 2.79. The van der Waals surface area contributed by atoms with Gasteiger partial charge in [-0.15, -0.1) is 0 Å². The molecule has 6 heteroatoms. The van der Waals surface area contributed by atoms with Gasteiger partial charge in [0.1, 0.15) is 0 Å². The molecule has 2 N–H and O–H groups in total. The lowest BCUT2D eigenvalue weighted by atomic mass is 10.1. The molecule has 1 fully saturated rings. The van der Waals surface area contributed by atoms with Gasteiger partial charge in [0, 0.05) is 30.3 Å². The van der Waals surface area contributed by atoms with Gasteiger partial charge in [-0.3, -0.25) is 14.9 Å². The van der Waals surface area contributed by atoms with Gasteiger partial charge < -0.3 is 10.6 Å². The Morgan fingerprint density at radius 3 is 2.65 bits per heavy atom. The van der Waals surface area contributed by atoms with E-state index in [0.29, 0.717) is 5.56 Å². The summed E-state index contributed by atoms with van der Waals surface area (Å²) < 4.78 is 0. The highest BCUT2D eigenvalue weighted by molar-refractivity contribution is 5.94. The van der Waals surface area contributed by atoms with Crippen LogP contribution in [0.25, 0.3) is 0 Å². The quantitative estimate of drug-likeness (QED) is 0.596. The normalized spacial score (nSPS) is 18.9. The molecule has 6 nitrogen and oxygen atoms in total. The van der Waals surface area contributed by atoms with Crippen LogP contribution in [-0.4, -0.2) is 30.0 Å². The Morgan fingerprint density at radius 2 is 2.12 bits per heavy atom. The standard InChI is InChI=1S/C11H13N3O3/c15-11(13-9-5-6-12-7-9)8-1-3-10(4-2-8)14(16)17/h1-4,9,12H,5-7H2,(H,13,15). The largest absolute Gasteiger partial charge is 0.348 e. The summed E-state index contributed by atoms with van der Waals surface area (Å²) in [6.07, 6.45) is 0.915. The molecule has 17 heavy (non-hydrogen) atoms. The highest BCUT2D eigenvalue weighted by Gasteiger charge is 2.17. The van der Waals surface area contributed by atoms with Crippen LogP contribution in [0.3, 0.4) is 0 Å². The van der Waals surface area contributed by atoms with E-state index in [1.807, 2.05) is 0 Å². The maximum Gasteiger partial charge on any atom is 0.269 e. The molecule has 1 aromatic carbocycles. The second-order valence-electron chi connectivity index (χ2n) is 3.97. The fraction of sp³-hybridized carbons (Fsp3) is 0.364. The van der Waals surface area contributed by atoms with Crippen molar-refractivity contribution in [3.05, 3.63) is 39.9 Å². The van der Waals surface area contributed by atoms with Crippen molar-refractivity contribution in [3.8, 4) is 0 Å². The average molecular weight is 235 g/mol. The van der Waals surface area contributed by atoms with Crippen molar-refractivity contribution in [3.63, 3.8) is 0 Å². The number of hydrogen-bond acceptors (Lipinski definition) is 4. The number of nitro benzene ring substituents is 1. The lowest BCUT2D eigenvalue weighted by molar-refractivity contribution is -0.384. The molecule has 0 spiro atoms. The lowest BCUT2D eigenvalue weighted by Gasteiger charge is -2.10. The van der Waals surface area contributed by atoms with E-state index in [1.165, 1.54) is 24.3 Å². The number of carbonyl (C=O) groups excluding carboxylic acids is 1. The highest BCUT2D eigenvalue weighted by atomic mass is 16.6. The molecule has 0 aromatic heterocycles. The molecule has 2 rings (SSSR count). The van der Waals surface area contributed by atoms with Crippen LogP contribution in [0, 0.1) is 10.1 Å². The third-order valence-electron chi connectivity index (χ3n) is 2.74. The Morgan fingerprint density at radius 1 is 1.41 bits per heavy atom. The Labute approximate surface area is 98.2 Å². The molecule has 0 aliphatic carbocycles. The molecular formula is C11H13N3O3. The van der Waals surface area contributed by atoms with Gasteiger partial charge in [-0.1, -0.05) is 0 Å². The van der Waals surface area contributed by atoms with E-state index in [4.69, 9.17) is 0 Å². The minimum Gasteiger partial charge on any atom is -0.348 e. The van der Waals surface area contributed by atoms with Crippen molar-refractivity contribution in [1.29, 1.82) is 0 Å². The molecule has 0 radical (unpaired) electrons. The summed E-state index contributed by atoms with van der Waals surface area (Å²) in [5, 5.41) is 16.5. The summed E-state index contributed by atoms with van der Waals surface area (Å²) in [6, 6.07) is 5.76. The van der Waals surface area contributed by atoms with Gasteiger partial charge in [0.25, 0.3) is 11.6 Å². The first-order chi connectivity index (χ1) is 8.16. The minimum absolute atomic E-state index is 0.0101. The van der Waals surface area contributed by atoms with E-state index in [0.717, 1.165) is 19.5 Å². The Balaban J connectivity index is 2.01. The maximum atomic E-state index is 11.8. The molecule has 1 heterocycles. The second-order valence-corrected chi connectivity index (χ2v) is 3.97. The van der Waals surface area contributed by atoms with Gasteiger partial charge in [-0.2, -0.15) is 0 Å². The van der Waals surface area contributed by atoms with Crippen LogP contribution >= 0.6 is 0 Å². The van der Waals surface area contributed by atoms with Crippen molar-refractivity contribution in [2.75, 3.05) is 13.1 Å². The molecule has 1 unspecified atom stereocenters. The van der Waals surface area contributed by atoms with Gasteiger partial charge in [-0.25, -0.2) is 0 Å². The average Bonchev–Trinajstić information content (AvgIpc) is 2.82. The highest BCUT2D eigenvalue weighted by Crippen LogP contribution is 2.12. The number of nitro groups is 1. The van der Waals surface area contributed by atoms with E-state index < -0.39 is 4.92 Å². The first-order valence-corrected chi connectivity index (χ1v) is 5.43. The van der Waals surface area contributed by atoms with E-state index >= 15 is 0 Å². The number of benzene rings is 1. The van der Waals surface area contributed by atoms with Crippen molar-refractivity contribution in [2.24, 2.45) is 0 Å². The predicted molar refractivity (Wildman–Crippen MR) is 61.8 cm³/mol. The summed E-state index contributed by atoms with van der Waals surface area (Å²) in [4.78, 5) is 21.7. The zero-order valence-electron chi connectivity index (χ0n) is 9.18. The molecule has 1 aliphatic heterocycles. The molecule has 1 aliphatic rings. The lowest BCUT2D eigenvalue weighted by Crippen LogP contribution is -2.36. The van der Waals surface area contributed by atoms with Gasteiger partial charge in [0.15, 0.2) is 0 Å². The summed E-state index contributed by atoms with van der Waals surface area (Å²) in [7, 11) is 0. The molecular weight excluding hydrogens is 222 g/mol. The number of carbonyl (C=O) groups is 1. The molecule has 1 aromatic rings. The molecule has 0 saturated carbocycles. The minimum atomic E-state index is -0.484. The topological polar surface area (TPSA) is 84.3 Å². The Bertz CT molecular complexity index is 424. The van der Waals surface area contributed by atoms with Gasteiger partial charge in [0.05, 0.1) is 4.92 Å². The van der Waals surface area contributed by atoms with Crippen LogP contribution in [0.1, 0.15) is 16.8 Å². The summed E-state index contributed by atoms with van der Waals surface area (Å²) in [5.74, 6) is -0.186. The summed E-state index contributed by atoms with van der Waals surface area (Å²) >= 11 is 0. The zero-order valence-corrected chi connectivity index (χ0v) is 9.18. The third-order valence-corrected chi connectivity index (χ3v) is 2.74. The fourth-order valence-electron chi connectivity index (χ4n) is 1.78. The molecule has 1 saturated heterocycles. The second kappa shape index (κ2) is 4.92. The Kier molecular flexibility index (Phi) is 3.34. The van der Waals surface area contributed by atoms with Gasteiger partial charge in [-0.05, 0) is 25.1 Å². The van der Waals surface area contributed by atoms with Crippen LogP contribution < -0.4 is 10.6 Å². The van der Waals surface area contributed by atoms with Gasteiger partial charge in [0.2, 0.25) is 0 Å². The van der Waals surface area contributed by atoms with Crippen LogP contribution in [0.5, 0.6) is 0 Å². The van der Waals surface area contributed by atoms with Gasteiger partial charge >= 0.3 is 0 Å². The maximum absolute atomic E-state index is 11.8. The van der Waals surface area contributed by atoms with Crippen molar-refractivity contribution in [1.82, 2.24) is 10.6 Å². The van der Waals surface area contributed by atoms with Crippen molar-refractivity contribution < 1.29 is 9.72 Å². The van der Waals surface area contributed by atoms with E-state index in [1.54, 1.807) is 0 Å². The number of nitrogens with zero attached hydrogens (tertiary/aromatic N) is 1. The number of rotatable bonds is 3. The van der Waals surface area contributed by atoms with E-state index in [9.17, 15) is 14.9 Å². The number of hydrogen-bond donors (Lipinski definition) is 2. The van der Waals surface area contributed by atoms with E-state index in [-0.39, 0.29) is 17.6 Å². The summed E-state index contributed by atoms with van der Waals surface area (Å²) in [5.41, 5.74) is 0.437. The number of amides is 1. The first-order valence-electron chi connectivity index (χ1n) is 5.43. The van der Waals surface area contributed by atoms with Crippen LogP contribution in [0.4, 0.5) is 5.69 Å². The predicted octanol–water partition coefficient (Wildman–Crippen LogP) is 0.686. The van der Waals surface area contributed by atoms with E-state index in [2.05, 4.69) is 10.6 Å². The SMILES string of the molecule is O=C(NC1CCNC1)c1ccc([N+](=O)[O-])cc1. The first kappa shape index (κ1) is 11.5.